The van der Waals surface area contributed by atoms with Gasteiger partial charge in [0.05, 0.1) is 0 Å². The normalized spacial score (nSPS) is 16.8. The van der Waals surface area contributed by atoms with Gasteiger partial charge in [-0.05, 0) is 6.92 Å². The number of ether oxygens (including phenoxy) is 1. The molecule has 1 aliphatic heterocycles. The molecule has 1 heterocycles. The Morgan fingerprint density at radius 2 is 1.73 bits per heavy atom. The first-order valence-electron chi connectivity index (χ1n) is 4.86. The first-order valence-corrected chi connectivity index (χ1v) is 4.86. The maximum Gasteiger partial charge on any atom is 0.271 e. The Balaban J connectivity index is 0.000000921. The van der Waals surface area contributed by atoms with Crippen molar-refractivity contribution in [2.45, 2.75) is 20.8 Å². The molecule has 2 amide bonds. The number of likely N-dealkylation sites (N-methyl/N-ethyl adjacent to an activating group) is 1. The Morgan fingerprint density at radius 3 is 2.20 bits per heavy atom. The van der Waals surface area contributed by atoms with E-state index in [0.717, 1.165) is 0 Å². The molecule has 0 bridgehead atoms. The standard InChI is InChI=1S/C8H12N2O3.C2H6/c1-6(2)10-8(12)5-13-4-7(11)9(10)3;1-2/h1,4-5H2,2-3H3;1-2H3. The summed E-state index contributed by atoms with van der Waals surface area (Å²) in [5, 5.41) is 2.44. The molecular formula is C10H18N2O3. The second-order valence-electron chi connectivity index (χ2n) is 2.85. The van der Waals surface area contributed by atoms with Gasteiger partial charge in [0, 0.05) is 12.7 Å². The number of rotatable bonds is 1. The predicted molar refractivity (Wildman–Crippen MR) is 56.6 cm³/mol. The zero-order chi connectivity index (χ0) is 12.0. The molecule has 0 aromatic carbocycles. The molecule has 15 heavy (non-hydrogen) atoms. The molecule has 1 saturated heterocycles. The highest BCUT2D eigenvalue weighted by molar-refractivity contribution is 5.86. The third-order valence-corrected chi connectivity index (χ3v) is 1.71. The molecule has 0 saturated carbocycles. The summed E-state index contributed by atoms with van der Waals surface area (Å²) in [6.07, 6.45) is 0. The van der Waals surface area contributed by atoms with Crippen molar-refractivity contribution >= 4 is 11.8 Å². The lowest BCUT2D eigenvalue weighted by Crippen LogP contribution is -2.45. The van der Waals surface area contributed by atoms with Crippen LogP contribution in [0.15, 0.2) is 12.3 Å². The van der Waals surface area contributed by atoms with Gasteiger partial charge in [-0.2, -0.15) is 0 Å². The van der Waals surface area contributed by atoms with Crippen LogP contribution in [-0.4, -0.2) is 42.1 Å². The van der Waals surface area contributed by atoms with Crippen molar-refractivity contribution < 1.29 is 14.3 Å². The van der Waals surface area contributed by atoms with Gasteiger partial charge in [0.2, 0.25) is 0 Å². The number of nitrogens with zero attached hydrogens (tertiary/aromatic N) is 2. The van der Waals surface area contributed by atoms with E-state index in [-0.39, 0.29) is 25.0 Å². The van der Waals surface area contributed by atoms with Crippen molar-refractivity contribution in [2.75, 3.05) is 20.3 Å². The van der Waals surface area contributed by atoms with E-state index in [1.165, 1.54) is 17.1 Å². The molecule has 0 N–H and O–H groups in total. The number of hydrazine groups is 1. The summed E-state index contributed by atoms with van der Waals surface area (Å²) in [4.78, 5) is 22.6. The average molecular weight is 214 g/mol. The SMILES string of the molecule is C=C(C)N1C(=O)COCC(=O)N1C.CC. The summed E-state index contributed by atoms with van der Waals surface area (Å²) in [5.74, 6) is -0.533. The van der Waals surface area contributed by atoms with E-state index < -0.39 is 0 Å². The van der Waals surface area contributed by atoms with Gasteiger partial charge >= 0.3 is 0 Å². The highest BCUT2D eigenvalue weighted by Gasteiger charge is 2.26. The molecule has 0 atom stereocenters. The Morgan fingerprint density at radius 1 is 1.27 bits per heavy atom. The summed E-state index contributed by atoms with van der Waals surface area (Å²) in [6, 6.07) is 0. The minimum atomic E-state index is -0.277. The Bertz CT molecular complexity index is 263. The molecule has 0 aliphatic carbocycles. The van der Waals surface area contributed by atoms with Crippen molar-refractivity contribution in [3.8, 4) is 0 Å². The number of allylic oxidation sites excluding steroid dienone is 1. The quantitative estimate of drug-likeness (QED) is 0.648. The highest BCUT2D eigenvalue weighted by Crippen LogP contribution is 2.09. The van der Waals surface area contributed by atoms with Crippen LogP contribution in [0.25, 0.3) is 0 Å². The Kier molecular flexibility index (Phi) is 5.62. The van der Waals surface area contributed by atoms with E-state index in [2.05, 4.69) is 6.58 Å². The van der Waals surface area contributed by atoms with Crippen LogP contribution < -0.4 is 0 Å². The lowest BCUT2D eigenvalue weighted by Gasteiger charge is -2.28. The van der Waals surface area contributed by atoms with Crippen molar-refractivity contribution in [1.29, 1.82) is 0 Å². The van der Waals surface area contributed by atoms with E-state index in [9.17, 15) is 9.59 Å². The topological polar surface area (TPSA) is 49.9 Å². The predicted octanol–water partition coefficient (Wildman–Crippen LogP) is 0.778. The monoisotopic (exact) mass is 214 g/mol. The lowest BCUT2D eigenvalue weighted by atomic mass is 10.5. The minimum Gasteiger partial charge on any atom is -0.362 e. The number of hydrogen-bond donors (Lipinski definition) is 0. The summed E-state index contributed by atoms with van der Waals surface area (Å²) >= 11 is 0. The fourth-order valence-electron chi connectivity index (χ4n) is 1.13. The first-order chi connectivity index (χ1) is 7.04. The van der Waals surface area contributed by atoms with Gasteiger partial charge in [-0.1, -0.05) is 20.4 Å². The smallest absolute Gasteiger partial charge is 0.271 e. The summed E-state index contributed by atoms with van der Waals surface area (Å²) in [7, 11) is 1.52. The number of amides is 2. The molecule has 0 spiro atoms. The van der Waals surface area contributed by atoms with Gasteiger partial charge < -0.3 is 4.74 Å². The summed E-state index contributed by atoms with van der Waals surface area (Å²) in [5.41, 5.74) is 0.506. The lowest BCUT2D eigenvalue weighted by molar-refractivity contribution is -0.152. The van der Waals surface area contributed by atoms with Crippen LogP contribution in [-0.2, 0) is 14.3 Å². The molecular weight excluding hydrogens is 196 g/mol. The minimum absolute atomic E-state index is 0.0635. The van der Waals surface area contributed by atoms with Crippen molar-refractivity contribution in [3.63, 3.8) is 0 Å². The Labute approximate surface area is 90.3 Å². The van der Waals surface area contributed by atoms with Gasteiger partial charge in [0.15, 0.2) is 0 Å². The van der Waals surface area contributed by atoms with Crippen LogP contribution in [0.3, 0.4) is 0 Å². The van der Waals surface area contributed by atoms with Crippen molar-refractivity contribution in [3.05, 3.63) is 12.3 Å². The number of carbonyl (C=O) groups excluding carboxylic acids is 2. The molecule has 1 aliphatic rings. The maximum atomic E-state index is 11.4. The van der Waals surface area contributed by atoms with Crippen LogP contribution >= 0.6 is 0 Å². The zero-order valence-electron chi connectivity index (χ0n) is 9.74. The van der Waals surface area contributed by atoms with Gasteiger partial charge in [0.25, 0.3) is 11.8 Å². The molecule has 0 aromatic heterocycles. The van der Waals surface area contributed by atoms with Crippen LogP contribution in [0.4, 0.5) is 0 Å². The van der Waals surface area contributed by atoms with E-state index in [1.807, 2.05) is 13.8 Å². The number of carbonyl (C=O) groups is 2. The average Bonchev–Trinajstić information content (AvgIpc) is 2.31. The molecule has 0 radical (unpaired) electrons. The molecule has 1 rings (SSSR count). The third kappa shape index (κ3) is 3.36. The molecule has 5 nitrogen and oxygen atoms in total. The van der Waals surface area contributed by atoms with E-state index in [1.54, 1.807) is 6.92 Å². The number of hydrogen-bond acceptors (Lipinski definition) is 3. The van der Waals surface area contributed by atoms with Crippen molar-refractivity contribution in [1.82, 2.24) is 10.0 Å². The third-order valence-electron chi connectivity index (χ3n) is 1.71. The fourth-order valence-corrected chi connectivity index (χ4v) is 1.13. The Hall–Kier alpha value is -1.36. The highest BCUT2D eigenvalue weighted by atomic mass is 16.5. The zero-order valence-corrected chi connectivity index (χ0v) is 9.74. The van der Waals surface area contributed by atoms with Crippen molar-refractivity contribution in [2.24, 2.45) is 0 Å². The van der Waals surface area contributed by atoms with Gasteiger partial charge in [0.1, 0.15) is 13.2 Å². The fraction of sp³-hybridized carbons (Fsp3) is 0.600. The molecule has 0 unspecified atom stereocenters. The maximum absolute atomic E-state index is 11.4. The van der Waals surface area contributed by atoms with Gasteiger partial charge in [-0.15, -0.1) is 0 Å². The van der Waals surface area contributed by atoms with Crippen LogP contribution in [0.2, 0.25) is 0 Å². The van der Waals surface area contributed by atoms with E-state index >= 15 is 0 Å². The molecule has 1 fully saturated rings. The van der Waals surface area contributed by atoms with Gasteiger partial charge in [-0.25, -0.2) is 10.0 Å². The van der Waals surface area contributed by atoms with E-state index in [4.69, 9.17) is 4.74 Å². The van der Waals surface area contributed by atoms with E-state index in [0.29, 0.717) is 5.70 Å². The second kappa shape index (κ2) is 6.19. The van der Waals surface area contributed by atoms with Gasteiger partial charge in [-0.3, -0.25) is 9.59 Å². The largest absolute Gasteiger partial charge is 0.362 e. The van der Waals surface area contributed by atoms with Crippen LogP contribution in [0.5, 0.6) is 0 Å². The molecule has 5 heteroatoms. The second-order valence-corrected chi connectivity index (χ2v) is 2.85. The van der Waals surface area contributed by atoms with Crippen LogP contribution in [0.1, 0.15) is 20.8 Å². The van der Waals surface area contributed by atoms with Crippen LogP contribution in [0, 0.1) is 0 Å². The summed E-state index contributed by atoms with van der Waals surface area (Å²) in [6.45, 7) is 9.13. The molecule has 0 aromatic rings. The summed E-state index contributed by atoms with van der Waals surface area (Å²) < 4.78 is 4.85. The molecule has 86 valence electrons. The first kappa shape index (κ1) is 13.6.